The molecular weight excluding hydrogens is 244 g/mol. The van der Waals surface area contributed by atoms with Crippen LogP contribution < -0.4 is 4.74 Å². The van der Waals surface area contributed by atoms with Gasteiger partial charge in [0.25, 0.3) is 0 Å². The van der Waals surface area contributed by atoms with E-state index in [0.29, 0.717) is 0 Å². The minimum absolute atomic E-state index is 0.217. The van der Waals surface area contributed by atoms with Gasteiger partial charge in [-0.25, -0.2) is 0 Å². The second-order valence-corrected chi connectivity index (χ2v) is 4.01. The molecule has 1 rings (SSSR count). The zero-order valence-corrected chi connectivity index (χ0v) is 10.1. The standard InChI is InChI=1S/C11H15BrO2/c1-8-5-6-9(4-3-7-13)11(14-2)10(8)12/h5-6,13H,3-4,7H2,1-2H3. The highest BCUT2D eigenvalue weighted by molar-refractivity contribution is 9.10. The van der Waals surface area contributed by atoms with Gasteiger partial charge in [-0.2, -0.15) is 0 Å². The molecule has 0 heterocycles. The summed E-state index contributed by atoms with van der Waals surface area (Å²) >= 11 is 3.50. The number of aliphatic hydroxyl groups excluding tert-OH is 1. The van der Waals surface area contributed by atoms with Crippen molar-refractivity contribution < 1.29 is 9.84 Å². The van der Waals surface area contributed by atoms with Crippen LogP contribution in [-0.2, 0) is 6.42 Å². The molecule has 0 saturated heterocycles. The van der Waals surface area contributed by atoms with E-state index in [1.165, 1.54) is 0 Å². The molecule has 0 fully saturated rings. The zero-order valence-electron chi connectivity index (χ0n) is 8.51. The van der Waals surface area contributed by atoms with Crippen LogP contribution >= 0.6 is 15.9 Å². The Hall–Kier alpha value is -0.540. The molecule has 14 heavy (non-hydrogen) atoms. The Morgan fingerprint density at radius 1 is 1.43 bits per heavy atom. The molecule has 0 radical (unpaired) electrons. The first-order chi connectivity index (χ1) is 6.70. The molecule has 0 aliphatic heterocycles. The minimum atomic E-state index is 0.217. The normalized spacial score (nSPS) is 10.3. The van der Waals surface area contributed by atoms with Gasteiger partial charge in [-0.05, 0) is 46.8 Å². The maximum absolute atomic E-state index is 8.76. The Balaban J connectivity index is 2.98. The molecule has 0 aliphatic carbocycles. The summed E-state index contributed by atoms with van der Waals surface area (Å²) in [6.45, 7) is 2.25. The number of ether oxygens (including phenoxy) is 1. The fraction of sp³-hybridized carbons (Fsp3) is 0.455. The number of aryl methyl sites for hydroxylation is 2. The number of hydrogen-bond donors (Lipinski definition) is 1. The average Bonchev–Trinajstić information content (AvgIpc) is 2.20. The number of aliphatic hydroxyl groups is 1. The first-order valence-electron chi connectivity index (χ1n) is 4.63. The van der Waals surface area contributed by atoms with E-state index in [2.05, 4.69) is 28.1 Å². The lowest BCUT2D eigenvalue weighted by Gasteiger charge is -2.11. The van der Waals surface area contributed by atoms with Crippen LogP contribution in [0.1, 0.15) is 17.5 Å². The summed E-state index contributed by atoms with van der Waals surface area (Å²) in [6.07, 6.45) is 1.62. The largest absolute Gasteiger partial charge is 0.495 e. The van der Waals surface area contributed by atoms with E-state index < -0.39 is 0 Å². The average molecular weight is 259 g/mol. The van der Waals surface area contributed by atoms with Gasteiger partial charge in [-0.1, -0.05) is 12.1 Å². The molecular formula is C11H15BrO2. The third-order valence-electron chi connectivity index (χ3n) is 2.18. The molecule has 0 saturated carbocycles. The summed E-state index contributed by atoms with van der Waals surface area (Å²) in [5, 5.41) is 8.76. The Kier molecular flexibility index (Phi) is 4.42. The highest BCUT2D eigenvalue weighted by Crippen LogP contribution is 2.32. The van der Waals surface area contributed by atoms with Gasteiger partial charge in [0.05, 0.1) is 11.6 Å². The number of hydrogen-bond acceptors (Lipinski definition) is 2. The molecule has 0 amide bonds. The maximum Gasteiger partial charge on any atom is 0.136 e. The van der Waals surface area contributed by atoms with E-state index >= 15 is 0 Å². The quantitative estimate of drug-likeness (QED) is 0.900. The maximum atomic E-state index is 8.76. The minimum Gasteiger partial charge on any atom is -0.495 e. The SMILES string of the molecule is COc1c(CCCO)ccc(C)c1Br. The van der Waals surface area contributed by atoms with Crippen LogP contribution in [0.3, 0.4) is 0 Å². The molecule has 0 spiro atoms. The van der Waals surface area contributed by atoms with Crippen LogP contribution in [-0.4, -0.2) is 18.8 Å². The molecule has 0 unspecified atom stereocenters. The van der Waals surface area contributed by atoms with Crippen molar-refractivity contribution in [2.75, 3.05) is 13.7 Å². The van der Waals surface area contributed by atoms with Crippen LogP contribution in [0.5, 0.6) is 5.75 Å². The number of rotatable bonds is 4. The molecule has 3 heteroatoms. The molecule has 1 aromatic rings. The van der Waals surface area contributed by atoms with Gasteiger partial charge in [0.2, 0.25) is 0 Å². The molecule has 1 aromatic carbocycles. The molecule has 0 bridgehead atoms. The van der Waals surface area contributed by atoms with E-state index in [4.69, 9.17) is 9.84 Å². The Labute approximate surface area is 93.0 Å². The molecule has 0 aromatic heterocycles. The van der Waals surface area contributed by atoms with Crippen LogP contribution in [0.2, 0.25) is 0 Å². The van der Waals surface area contributed by atoms with Crippen molar-refractivity contribution in [3.8, 4) is 5.75 Å². The number of benzene rings is 1. The topological polar surface area (TPSA) is 29.5 Å². The van der Waals surface area contributed by atoms with Gasteiger partial charge in [-0.15, -0.1) is 0 Å². The second kappa shape index (κ2) is 5.37. The predicted octanol–water partition coefficient (Wildman–Crippen LogP) is 2.69. The van der Waals surface area contributed by atoms with Crippen LogP contribution in [0.4, 0.5) is 0 Å². The van der Waals surface area contributed by atoms with Crippen molar-refractivity contribution in [2.24, 2.45) is 0 Å². The van der Waals surface area contributed by atoms with Gasteiger partial charge in [-0.3, -0.25) is 0 Å². The summed E-state index contributed by atoms with van der Waals surface area (Å²) in [5.74, 6) is 0.887. The van der Waals surface area contributed by atoms with Gasteiger partial charge in [0.15, 0.2) is 0 Å². The lowest BCUT2D eigenvalue weighted by Crippen LogP contribution is -1.96. The molecule has 0 aliphatic rings. The molecule has 78 valence electrons. The third kappa shape index (κ3) is 2.49. The van der Waals surface area contributed by atoms with Crippen molar-refractivity contribution >= 4 is 15.9 Å². The van der Waals surface area contributed by atoms with E-state index in [0.717, 1.165) is 34.2 Å². The first-order valence-corrected chi connectivity index (χ1v) is 5.42. The summed E-state index contributed by atoms with van der Waals surface area (Å²) < 4.78 is 6.34. The zero-order chi connectivity index (χ0) is 10.6. The lowest BCUT2D eigenvalue weighted by atomic mass is 10.1. The molecule has 1 N–H and O–H groups in total. The monoisotopic (exact) mass is 258 g/mol. The molecule has 0 atom stereocenters. The van der Waals surface area contributed by atoms with Crippen molar-refractivity contribution in [1.29, 1.82) is 0 Å². The highest BCUT2D eigenvalue weighted by Gasteiger charge is 2.08. The third-order valence-corrected chi connectivity index (χ3v) is 3.17. The van der Waals surface area contributed by atoms with E-state index in [1.54, 1.807) is 7.11 Å². The Morgan fingerprint density at radius 3 is 2.71 bits per heavy atom. The fourth-order valence-electron chi connectivity index (χ4n) is 1.38. The Morgan fingerprint density at radius 2 is 2.14 bits per heavy atom. The van der Waals surface area contributed by atoms with Crippen LogP contribution in [0, 0.1) is 6.92 Å². The summed E-state index contributed by atoms with van der Waals surface area (Å²) in [6, 6.07) is 4.11. The van der Waals surface area contributed by atoms with Gasteiger partial charge in [0, 0.05) is 6.61 Å². The lowest BCUT2D eigenvalue weighted by molar-refractivity contribution is 0.287. The van der Waals surface area contributed by atoms with Crippen LogP contribution in [0.25, 0.3) is 0 Å². The van der Waals surface area contributed by atoms with E-state index in [9.17, 15) is 0 Å². The summed E-state index contributed by atoms with van der Waals surface area (Å²) in [5.41, 5.74) is 2.30. The van der Waals surface area contributed by atoms with Crippen molar-refractivity contribution in [2.45, 2.75) is 19.8 Å². The van der Waals surface area contributed by atoms with Crippen molar-refractivity contribution in [1.82, 2.24) is 0 Å². The van der Waals surface area contributed by atoms with Crippen molar-refractivity contribution in [3.63, 3.8) is 0 Å². The number of methoxy groups -OCH3 is 1. The van der Waals surface area contributed by atoms with Crippen LogP contribution in [0.15, 0.2) is 16.6 Å². The molecule has 2 nitrogen and oxygen atoms in total. The Bertz CT molecular complexity index is 310. The van der Waals surface area contributed by atoms with Gasteiger partial charge in [0.1, 0.15) is 5.75 Å². The highest BCUT2D eigenvalue weighted by atomic mass is 79.9. The van der Waals surface area contributed by atoms with E-state index in [1.807, 2.05) is 6.92 Å². The smallest absolute Gasteiger partial charge is 0.136 e. The summed E-state index contributed by atoms with van der Waals surface area (Å²) in [4.78, 5) is 0. The van der Waals surface area contributed by atoms with Gasteiger partial charge < -0.3 is 9.84 Å². The van der Waals surface area contributed by atoms with Gasteiger partial charge >= 0.3 is 0 Å². The fourth-order valence-corrected chi connectivity index (χ4v) is 1.93. The predicted molar refractivity (Wildman–Crippen MR) is 60.8 cm³/mol. The second-order valence-electron chi connectivity index (χ2n) is 3.22. The number of halogens is 1. The van der Waals surface area contributed by atoms with E-state index in [-0.39, 0.29) is 6.61 Å². The van der Waals surface area contributed by atoms with Crippen molar-refractivity contribution in [3.05, 3.63) is 27.7 Å². The summed E-state index contributed by atoms with van der Waals surface area (Å²) in [7, 11) is 1.67. The first kappa shape index (κ1) is 11.5.